The Labute approximate surface area is 168 Å². The van der Waals surface area contributed by atoms with Crippen molar-refractivity contribution < 1.29 is 4.79 Å². The third-order valence-electron chi connectivity index (χ3n) is 7.62. The first-order chi connectivity index (χ1) is 13.7. The lowest BCUT2D eigenvalue weighted by Gasteiger charge is -2.55. The van der Waals surface area contributed by atoms with Gasteiger partial charge in [-0.2, -0.15) is 0 Å². The van der Waals surface area contributed by atoms with Gasteiger partial charge in [0.25, 0.3) is 0 Å². The van der Waals surface area contributed by atoms with Crippen LogP contribution in [0.1, 0.15) is 64.1 Å². The molecule has 0 spiro atoms. The van der Waals surface area contributed by atoms with E-state index in [4.69, 9.17) is 4.98 Å². The normalized spacial score (nSPS) is 30.8. The van der Waals surface area contributed by atoms with Crippen molar-refractivity contribution in [2.75, 3.05) is 6.54 Å². The van der Waals surface area contributed by atoms with Gasteiger partial charge in [-0.25, -0.2) is 4.98 Å². The Kier molecular flexibility index (Phi) is 4.68. The molecule has 0 aliphatic heterocycles. The summed E-state index contributed by atoms with van der Waals surface area (Å²) in [4.78, 5) is 18.0. The number of imidazole rings is 1. The Balaban J connectivity index is 1.26. The average molecular weight is 380 g/mol. The summed E-state index contributed by atoms with van der Waals surface area (Å²) in [5.41, 5.74) is 2.25. The number of unbranched alkanes of at least 4 members (excludes halogenated alkanes) is 1. The highest BCUT2D eigenvalue weighted by Crippen LogP contribution is 2.60. The van der Waals surface area contributed by atoms with Gasteiger partial charge in [-0.15, -0.1) is 0 Å². The molecule has 2 aromatic rings. The monoisotopic (exact) mass is 379 g/mol. The molecule has 1 aromatic carbocycles. The summed E-state index contributed by atoms with van der Waals surface area (Å²) >= 11 is 0. The number of nitrogens with zero attached hydrogens (tertiary/aromatic N) is 2. The molecule has 4 aliphatic carbocycles. The van der Waals surface area contributed by atoms with E-state index in [1.807, 2.05) is 0 Å². The van der Waals surface area contributed by atoms with Gasteiger partial charge in [0.1, 0.15) is 5.82 Å². The number of para-hydroxylation sites is 2. The first-order valence-electron chi connectivity index (χ1n) is 11.4. The second kappa shape index (κ2) is 7.20. The fraction of sp³-hybridized carbons (Fsp3) is 0.667. The van der Waals surface area contributed by atoms with Crippen molar-refractivity contribution in [1.82, 2.24) is 14.9 Å². The molecular formula is C24H33N3O. The number of nitrogens with one attached hydrogen (secondary N) is 1. The van der Waals surface area contributed by atoms with Crippen LogP contribution in [-0.4, -0.2) is 22.0 Å². The lowest BCUT2D eigenvalue weighted by Crippen LogP contribution is -2.53. The first-order valence-corrected chi connectivity index (χ1v) is 11.4. The maximum atomic E-state index is 13.2. The number of aromatic nitrogens is 2. The molecule has 0 saturated heterocycles. The molecule has 4 fully saturated rings. The molecule has 4 aliphatic rings. The van der Waals surface area contributed by atoms with Crippen molar-refractivity contribution in [1.29, 1.82) is 0 Å². The number of hydrogen-bond acceptors (Lipinski definition) is 2. The van der Waals surface area contributed by atoms with Gasteiger partial charge >= 0.3 is 0 Å². The van der Waals surface area contributed by atoms with Gasteiger partial charge in [-0.05, 0) is 74.8 Å². The van der Waals surface area contributed by atoms with Gasteiger partial charge in [-0.3, -0.25) is 4.79 Å². The zero-order valence-corrected chi connectivity index (χ0v) is 17.1. The smallest absolute Gasteiger partial charge is 0.226 e. The maximum absolute atomic E-state index is 13.2. The molecular weight excluding hydrogens is 346 g/mol. The highest BCUT2D eigenvalue weighted by molar-refractivity contribution is 5.83. The molecule has 1 amide bonds. The Morgan fingerprint density at radius 2 is 1.82 bits per heavy atom. The molecule has 1 heterocycles. The fourth-order valence-electron chi connectivity index (χ4n) is 6.75. The third-order valence-corrected chi connectivity index (χ3v) is 7.62. The second-order valence-corrected chi connectivity index (χ2v) is 9.73. The van der Waals surface area contributed by atoms with Gasteiger partial charge < -0.3 is 9.88 Å². The minimum Gasteiger partial charge on any atom is -0.355 e. The highest BCUT2D eigenvalue weighted by Gasteiger charge is 2.54. The molecule has 1 aromatic heterocycles. The van der Waals surface area contributed by atoms with E-state index in [1.54, 1.807) is 0 Å². The van der Waals surface area contributed by atoms with Crippen LogP contribution in [0.25, 0.3) is 11.0 Å². The van der Waals surface area contributed by atoms with Crippen LogP contribution in [-0.2, 0) is 17.8 Å². The molecule has 28 heavy (non-hydrogen) atoms. The summed E-state index contributed by atoms with van der Waals surface area (Å²) in [6, 6.07) is 8.40. The zero-order chi connectivity index (χ0) is 19.1. The van der Waals surface area contributed by atoms with E-state index < -0.39 is 0 Å². The first kappa shape index (κ1) is 18.2. The molecule has 4 heteroatoms. The SMILES string of the molecule is CCCCn1c(CCNC(=O)C23CC4CC(CC(C4)C2)C3)nc2ccccc21. The lowest BCUT2D eigenvalue weighted by atomic mass is 9.49. The maximum Gasteiger partial charge on any atom is 0.226 e. The standard InChI is InChI=1S/C24H33N3O/c1-2-3-10-27-21-7-5-4-6-20(21)26-22(27)8-9-25-23(28)24-14-17-11-18(15-24)13-19(12-17)16-24/h4-7,17-19H,2-3,8-16H2,1H3,(H,25,28). The van der Waals surface area contributed by atoms with Crippen molar-refractivity contribution in [3.63, 3.8) is 0 Å². The van der Waals surface area contributed by atoms with Crippen molar-refractivity contribution in [2.45, 2.75) is 71.3 Å². The molecule has 150 valence electrons. The predicted molar refractivity (Wildman–Crippen MR) is 112 cm³/mol. The molecule has 0 atom stereocenters. The number of aryl methyl sites for hydroxylation is 1. The number of carbonyl (C=O) groups excluding carboxylic acids is 1. The number of fused-ring (bicyclic) bond motifs is 1. The van der Waals surface area contributed by atoms with Crippen LogP contribution in [0.4, 0.5) is 0 Å². The third kappa shape index (κ3) is 3.15. The van der Waals surface area contributed by atoms with Crippen LogP contribution >= 0.6 is 0 Å². The van der Waals surface area contributed by atoms with E-state index >= 15 is 0 Å². The molecule has 4 bridgehead atoms. The van der Waals surface area contributed by atoms with Crippen LogP contribution in [0.5, 0.6) is 0 Å². The largest absolute Gasteiger partial charge is 0.355 e. The minimum absolute atomic E-state index is 0.0445. The van der Waals surface area contributed by atoms with Gasteiger partial charge in [0.15, 0.2) is 0 Å². The van der Waals surface area contributed by atoms with Crippen molar-refractivity contribution >= 4 is 16.9 Å². The van der Waals surface area contributed by atoms with E-state index in [2.05, 4.69) is 41.1 Å². The Morgan fingerprint density at radius 3 is 2.50 bits per heavy atom. The molecule has 4 saturated carbocycles. The van der Waals surface area contributed by atoms with E-state index in [9.17, 15) is 4.79 Å². The van der Waals surface area contributed by atoms with Gasteiger partial charge in [0.05, 0.1) is 11.0 Å². The Bertz CT molecular complexity index is 833. The average Bonchev–Trinajstić information content (AvgIpc) is 3.02. The Morgan fingerprint density at radius 1 is 1.14 bits per heavy atom. The minimum atomic E-state index is -0.0445. The molecule has 6 rings (SSSR count). The van der Waals surface area contributed by atoms with Crippen LogP contribution in [0.2, 0.25) is 0 Å². The lowest BCUT2D eigenvalue weighted by molar-refractivity contribution is -0.146. The van der Waals surface area contributed by atoms with Gasteiger partial charge in [0.2, 0.25) is 5.91 Å². The summed E-state index contributed by atoms with van der Waals surface area (Å²) in [5, 5.41) is 3.32. The summed E-state index contributed by atoms with van der Waals surface area (Å²) in [7, 11) is 0. The second-order valence-electron chi connectivity index (χ2n) is 9.73. The molecule has 0 radical (unpaired) electrons. The summed E-state index contributed by atoms with van der Waals surface area (Å²) in [6.07, 6.45) is 10.7. The van der Waals surface area contributed by atoms with E-state index in [0.717, 1.165) is 67.7 Å². The van der Waals surface area contributed by atoms with E-state index in [-0.39, 0.29) is 5.41 Å². The topological polar surface area (TPSA) is 46.9 Å². The molecule has 4 nitrogen and oxygen atoms in total. The predicted octanol–water partition coefficient (Wildman–Crippen LogP) is 4.71. The van der Waals surface area contributed by atoms with Crippen molar-refractivity contribution in [3.05, 3.63) is 30.1 Å². The zero-order valence-electron chi connectivity index (χ0n) is 17.1. The van der Waals surface area contributed by atoms with Crippen molar-refractivity contribution in [3.8, 4) is 0 Å². The van der Waals surface area contributed by atoms with E-state index in [0.29, 0.717) is 12.5 Å². The Hall–Kier alpha value is -1.84. The number of benzene rings is 1. The number of rotatable bonds is 7. The van der Waals surface area contributed by atoms with Gasteiger partial charge in [-0.1, -0.05) is 25.5 Å². The van der Waals surface area contributed by atoms with Crippen LogP contribution in [0.15, 0.2) is 24.3 Å². The van der Waals surface area contributed by atoms with Crippen molar-refractivity contribution in [2.24, 2.45) is 23.2 Å². The fourth-order valence-corrected chi connectivity index (χ4v) is 6.75. The number of carbonyl (C=O) groups is 1. The highest BCUT2D eigenvalue weighted by atomic mass is 16.2. The summed E-state index contributed by atoms with van der Waals surface area (Å²) in [6.45, 7) is 3.94. The summed E-state index contributed by atoms with van der Waals surface area (Å²) < 4.78 is 2.36. The van der Waals surface area contributed by atoms with Gasteiger partial charge in [0, 0.05) is 24.9 Å². The van der Waals surface area contributed by atoms with Crippen LogP contribution in [0.3, 0.4) is 0 Å². The summed E-state index contributed by atoms with van der Waals surface area (Å²) in [5.74, 6) is 3.89. The molecule has 0 unspecified atom stereocenters. The number of amides is 1. The molecule has 1 N–H and O–H groups in total. The van der Waals surface area contributed by atoms with E-state index in [1.165, 1.54) is 31.2 Å². The number of hydrogen-bond donors (Lipinski definition) is 1. The van der Waals surface area contributed by atoms with Crippen LogP contribution in [0, 0.1) is 23.2 Å². The quantitative estimate of drug-likeness (QED) is 0.757. The van der Waals surface area contributed by atoms with Crippen LogP contribution < -0.4 is 5.32 Å².